The quantitative estimate of drug-likeness (QED) is 0.626. The van der Waals surface area contributed by atoms with E-state index in [1.807, 2.05) is 54.9 Å². The zero-order chi connectivity index (χ0) is 14.6. The molecule has 0 spiro atoms. The fourth-order valence-electron chi connectivity index (χ4n) is 2.19. The fraction of sp³-hybridized carbons (Fsp3) is 0.400. The summed E-state index contributed by atoms with van der Waals surface area (Å²) in [6.07, 6.45) is 2.53. The molecule has 2 aromatic rings. The van der Waals surface area contributed by atoms with E-state index in [-0.39, 0.29) is 11.6 Å². The number of nitrogens with one attached hydrogen (secondary N) is 1. The second-order valence-corrected chi connectivity index (χ2v) is 5.39. The van der Waals surface area contributed by atoms with E-state index in [2.05, 4.69) is 10.5 Å². The van der Waals surface area contributed by atoms with Gasteiger partial charge in [0, 0.05) is 13.3 Å². The van der Waals surface area contributed by atoms with Crippen molar-refractivity contribution in [2.45, 2.75) is 31.9 Å². The van der Waals surface area contributed by atoms with Gasteiger partial charge in [0.25, 0.3) is 0 Å². The molecule has 2 rings (SSSR count). The van der Waals surface area contributed by atoms with Crippen LogP contribution in [0.15, 0.2) is 42.6 Å². The van der Waals surface area contributed by atoms with Gasteiger partial charge in [-0.05, 0) is 38.5 Å². The van der Waals surface area contributed by atoms with Crippen molar-refractivity contribution in [3.63, 3.8) is 0 Å². The lowest BCUT2D eigenvalue weighted by Crippen LogP contribution is -2.36. The molecule has 108 valence electrons. The molecule has 0 fully saturated rings. The number of benzene rings is 1. The van der Waals surface area contributed by atoms with Crippen molar-refractivity contribution >= 4 is 0 Å². The minimum atomic E-state index is -0.261. The second kappa shape index (κ2) is 6.17. The van der Waals surface area contributed by atoms with Crippen LogP contribution in [-0.4, -0.2) is 22.5 Å². The summed E-state index contributed by atoms with van der Waals surface area (Å²) in [7, 11) is 1.71. The van der Waals surface area contributed by atoms with Crippen LogP contribution >= 0.6 is 0 Å². The summed E-state index contributed by atoms with van der Waals surface area (Å²) in [4.78, 5) is 0. The van der Waals surface area contributed by atoms with Crippen molar-refractivity contribution < 1.29 is 4.74 Å². The summed E-state index contributed by atoms with van der Waals surface area (Å²) < 4.78 is 7.39. The molecule has 1 heterocycles. The molecule has 0 saturated heterocycles. The number of nitrogens with zero attached hydrogens (tertiary/aromatic N) is 2. The third-order valence-corrected chi connectivity index (χ3v) is 3.48. The normalized spacial score (nSPS) is 13.4. The summed E-state index contributed by atoms with van der Waals surface area (Å²) in [6, 6.07) is 11.9. The van der Waals surface area contributed by atoms with Crippen LogP contribution in [0, 0.1) is 0 Å². The van der Waals surface area contributed by atoms with Crippen LogP contribution in [-0.2, 0) is 4.74 Å². The number of aromatic nitrogens is 2. The Hall–Kier alpha value is -1.69. The maximum absolute atomic E-state index is 5.73. The molecule has 5 heteroatoms. The summed E-state index contributed by atoms with van der Waals surface area (Å²) in [6.45, 7) is 4.08. The number of nitrogens with two attached hydrogens (primary N) is 1. The predicted octanol–water partition coefficient (Wildman–Crippen LogP) is 2.19. The number of ether oxygens (including phenoxy) is 1. The molecular formula is C15H22N4O. The summed E-state index contributed by atoms with van der Waals surface area (Å²) in [5.74, 6) is 5.73. The Labute approximate surface area is 119 Å². The molecule has 0 aliphatic carbocycles. The minimum Gasteiger partial charge on any atom is -0.379 e. The first-order valence-electron chi connectivity index (χ1n) is 6.68. The molecule has 0 amide bonds. The number of para-hydroxylation sites is 1. The Kier molecular flexibility index (Phi) is 4.54. The second-order valence-electron chi connectivity index (χ2n) is 5.39. The van der Waals surface area contributed by atoms with Gasteiger partial charge in [0.15, 0.2) is 0 Å². The van der Waals surface area contributed by atoms with E-state index in [0.29, 0.717) is 0 Å². The average molecular weight is 274 g/mol. The lowest BCUT2D eigenvalue weighted by Gasteiger charge is -2.28. The first kappa shape index (κ1) is 14.7. The van der Waals surface area contributed by atoms with Crippen LogP contribution in [0.3, 0.4) is 0 Å². The fourth-order valence-corrected chi connectivity index (χ4v) is 2.19. The Morgan fingerprint density at radius 1 is 1.30 bits per heavy atom. The van der Waals surface area contributed by atoms with E-state index in [0.717, 1.165) is 17.8 Å². The van der Waals surface area contributed by atoms with Gasteiger partial charge >= 0.3 is 0 Å². The number of hydrazine groups is 1. The molecular weight excluding hydrogens is 252 g/mol. The number of hydrogen-bond acceptors (Lipinski definition) is 4. The Morgan fingerprint density at radius 2 is 2.00 bits per heavy atom. The van der Waals surface area contributed by atoms with Crippen LogP contribution in [0.2, 0.25) is 0 Å². The molecule has 20 heavy (non-hydrogen) atoms. The highest BCUT2D eigenvalue weighted by molar-refractivity contribution is 5.33. The van der Waals surface area contributed by atoms with E-state index in [1.54, 1.807) is 13.3 Å². The van der Waals surface area contributed by atoms with Crippen LogP contribution in [0.4, 0.5) is 0 Å². The van der Waals surface area contributed by atoms with E-state index in [1.165, 1.54) is 0 Å². The topological polar surface area (TPSA) is 65.1 Å². The van der Waals surface area contributed by atoms with Gasteiger partial charge in [-0.15, -0.1) is 0 Å². The van der Waals surface area contributed by atoms with Gasteiger partial charge in [0.1, 0.15) is 0 Å². The van der Waals surface area contributed by atoms with E-state index >= 15 is 0 Å². The van der Waals surface area contributed by atoms with Crippen molar-refractivity contribution in [3.8, 4) is 5.69 Å². The molecule has 3 N–H and O–H groups in total. The largest absolute Gasteiger partial charge is 0.379 e. The van der Waals surface area contributed by atoms with Crippen molar-refractivity contribution in [3.05, 3.63) is 48.3 Å². The third kappa shape index (κ3) is 3.25. The molecule has 0 aliphatic rings. The van der Waals surface area contributed by atoms with Gasteiger partial charge in [-0.25, -0.2) is 4.68 Å². The lowest BCUT2D eigenvalue weighted by atomic mass is 9.97. The first-order chi connectivity index (χ1) is 9.57. The lowest BCUT2D eigenvalue weighted by molar-refractivity contribution is 0.00627. The summed E-state index contributed by atoms with van der Waals surface area (Å²) >= 11 is 0. The van der Waals surface area contributed by atoms with Crippen LogP contribution in [0.1, 0.15) is 32.0 Å². The molecule has 0 bridgehead atoms. The zero-order valence-electron chi connectivity index (χ0n) is 12.2. The Morgan fingerprint density at radius 3 is 2.60 bits per heavy atom. The van der Waals surface area contributed by atoms with Crippen molar-refractivity contribution in [2.75, 3.05) is 7.11 Å². The van der Waals surface area contributed by atoms with Crippen LogP contribution in [0.25, 0.3) is 5.69 Å². The highest BCUT2D eigenvalue weighted by Gasteiger charge is 2.25. The smallest absolute Gasteiger partial charge is 0.0660 e. The van der Waals surface area contributed by atoms with Gasteiger partial charge in [-0.2, -0.15) is 5.10 Å². The Bertz CT molecular complexity index is 536. The third-order valence-electron chi connectivity index (χ3n) is 3.48. The average Bonchev–Trinajstić information content (AvgIpc) is 2.95. The predicted molar refractivity (Wildman–Crippen MR) is 79.3 cm³/mol. The molecule has 5 nitrogen and oxygen atoms in total. The van der Waals surface area contributed by atoms with Gasteiger partial charge in [-0.3, -0.25) is 11.3 Å². The zero-order valence-corrected chi connectivity index (χ0v) is 12.2. The van der Waals surface area contributed by atoms with E-state index < -0.39 is 0 Å². The molecule has 0 saturated carbocycles. The van der Waals surface area contributed by atoms with E-state index in [9.17, 15) is 0 Å². The van der Waals surface area contributed by atoms with Gasteiger partial charge in [0.05, 0.1) is 23.0 Å². The summed E-state index contributed by atoms with van der Waals surface area (Å²) in [5.41, 5.74) is 4.64. The molecule has 0 aliphatic heterocycles. The highest BCUT2D eigenvalue weighted by Crippen LogP contribution is 2.26. The van der Waals surface area contributed by atoms with E-state index in [4.69, 9.17) is 10.6 Å². The van der Waals surface area contributed by atoms with Gasteiger partial charge < -0.3 is 4.74 Å². The number of hydrogen-bond donors (Lipinski definition) is 2. The van der Waals surface area contributed by atoms with Crippen molar-refractivity contribution in [1.29, 1.82) is 0 Å². The standard InChI is InChI=1S/C15H22N4O/c1-15(2,20-3)11-13(18-16)14-9-10-17-19(14)12-7-5-4-6-8-12/h4-10,13,18H,11,16H2,1-3H3. The van der Waals surface area contributed by atoms with Crippen LogP contribution in [0.5, 0.6) is 0 Å². The highest BCUT2D eigenvalue weighted by atomic mass is 16.5. The molecule has 1 aromatic heterocycles. The Balaban J connectivity index is 2.30. The minimum absolute atomic E-state index is 0.0346. The molecule has 1 atom stereocenters. The van der Waals surface area contributed by atoms with Crippen molar-refractivity contribution in [1.82, 2.24) is 15.2 Å². The molecule has 1 unspecified atom stereocenters. The van der Waals surface area contributed by atoms with Crippen molar-refractivity contribution in [2.24, 2.45) is 5.84 Å². The van der Waals surface area contributed by atoms with Gasteiger partial charge in [0.2, 0.25) is 0 Å². The summed E-state index contributed by atoms with van der Waals surface area (Å²) in [5, 5.41) is 4.39. The SMILES string of the molecule is COC(C)(C)CC(NN)c1ccnn1-c1ccccc1. The maximum Gasteiger partial charge on any atom is 0.0660 e. The molecule has 1 aromatic carbocycles. The first-order valence-corrected chi connectivity index (χ1v) is 6.68. The molecule has 0 radical (unpaired) electrons. The number of methoxy groups -OCH3 is 1. The monoisotopic (exact) mass is 274 g/mol. The van der Waals surface area contributed by atoms with Crippen LogP contribution < -0.4 is 11.3 Å². The number of rotatable bonds is 6. The maximum atomic E-state index is 5.73. The van der Waals surface area contributed by atoms with Gasteiger partial charge in [-0.1, -0.05) is 18.2 Å².